The Labute approximate surface area is 183 Å². The van der Waals surface area contributed by atoms with Crippen LogP contribution in [0.15, 0.2) is 35.9 Å². The first kappa shape index (κ1) is 27.9. The highest BCUT2D eigenvalue weighted by Crippen LogP contribution is 2.36. The molecule has 1 nitrogen and oxygen atoms in total. The van der Waals surface area contributed by atoms with Gasteiger partial charge in [-0.15, -0.1) is 0 Å². The van der Waals surface area contributed by atoms with Crippen LogP contribution in [-0.2, 0) is 5.41 Å². The molecule has 0 amide bonds. The van der Waals surface area contributed by atoms with Gasteiger partial charge in [-0.25, -0.2) is 0 Å². The van der Waals surface area contributed by atoms with Crippen LogP contribution in [0.2, 0.25) is 0 Å². The fourth-order valence-electron chi connectivity index (χ4n) is 3.91. The number of benzene rings is 1. The van der Waals surface area contributed by atoms with Crippen LogP contribution in [0.5, 0.6) is 0 Å². The minimum Gasteiger partial charge on any atom is -0.315 e. The van der Waals surface area contributed by atoms with Gasteiger partial charge in [0.1, 0.15) is 0 Å². The fourth-order valence-corrected chi connectivity index (χ4v) is 3.91. The van der Waals surface area contributed by atoms with E-state index in [1.165, 1.54) is 49.7 Å². The van der Waals surface area contributed by atoms with Crippen molar-refractivity contribution in [1.82, 2.24) is 5.32 Å². The molecule has 1 aromatic carbocycles. The molecule has 1 fully saturated rings. The van der Waals surface area contributed by atoms with Gasteiger partial charge in [-0.2, -0.15) is 0 Å². The van der Waals surface area contributed by atoms with Crippen LogP contribution in [-0.4, -0.2) is 12.6 Å². The molecule has 0 bridgehead atoms. The zero-order valence-corrected chi connectivity index (χ0v) is 21.6. The van der Waals surface area contributed by atoms with Gasteiger partial charge in [-0.05, 0) is 83.2 Å². The summed E-state index contributed by atoms with van der Waals surface area (Å²) in [6, 6.07) is 8.89. The smallest absolute Gasteiger partial charge is 0.0122 e. The van der Waals surface area contributed by atoms with E-state index in [4.69, 9.17) is 0 Å². The lowest BCUT2D eigenvalue weighted by Crippen LogP contribution is -2.35. The van der Waals surface area contributed by atoms with E-state index >= 15 is 0 Å². The zero-order chi connectivity index (χ0) is 22.7. The van der Waals surface area contributed by atoms with E-state index in [0.29, 0.717) is 11.0 Å². The highest BCUT2D eigenvalue weighted by molar-refractivity contribution is 5.28. The zero-order valence-electron chi connectivity index (χ0n) is 21.6. The molecular formula is C28H51N. The van der Waals surface area contributed by atoms with Crippen LogP contribution in [0.1, 0.15) is 112 Å². The minimum atomic E-state index is 0.268. The van der Waals surface area contributed by atoms with E-state index in [9.17, 15) is 0 Å². The van der Waals surface area contributed by atoms with Gasteiger partial charge >= 0.3 is 0 Å². The Bertz CT molecular complexity index is 593. The third-order valence-corrected chi connectivity index (χ3v) is 5.73. The number of aryl methyl sites for hydroxylation is 1. The van der Waals surface area contributed by atoms with Crippen molar-refractivity contribution in [1.29, 1.82) is 0 Å². The summed E-state index contributed by atoms with van der Waals surface area (Å²) in [7, 11) is 2.01. The van der Waals surface area contributed by atoms with Gasteiger partial charge < -0.3 is 5.32 Å². The van der Waals surface area contributed by atoms with Gasteiger partial charge in [0.15, 0.2) is 0 Å². The van der Waals surface area contributed by atoms with Crippen LogP contribution in [0.25, 0.3) is 0 Å². The summed E-state index contributed by atoms with van der Waals surface area (Å²) in [6.45, 7) is 22.5. The number of hydrogen-bond acceptors (Lipinski definition) is 1. The van der Waals surface area contributed by atoms with Crippen molar-refractivity contribution in [2.75, 3.05) is 7.05 Å². The molecule has 1 aliphatic carbocycles. The predicted molar refractivity (Wildman–Crippen MR) is 134 cm³/mol. The summed E-state index contributed by atoms with van der Waals surface area (Å²) in [5.41, 5.74) is 5.45. The molecule has 0 saturated heterocycles. The molecular weight excluding hydrogens is 350 g/mol. The normalized spacial score (nSPS) is 14.1. The van der Waals surface area contributed by atoms with Crippen LogP contribution in [0.3, 0.4) is 0 Å². The Morgan fingerprint density at radius 3 is 1.86 bits per heavy atom. The summed E-state index contributed by atoms with van der Waals surface area (Å²) in [5.74, 6) is 0. The molecule has 0 heterocycles. The molecule has 1 aliphatic rings. The van der Waals surface area contributed by atoms with Gasteiger partial charge in [0.2, 0.25) is 0 Å². The second-order valence-electron chi connectivity index (χ2n) is 11.2. The first-order chi connectivity index (χ1) is 13.3. The van der Waals surface area contributed by atoms with E-state index in [0.717, 1.165) is 0 Å². The summed E-state index contributed by atoms with van der Waals surface area (Å²) in [4.78, 5) is 0. The van der Waals surface area contributed by atoms with Gasteiger partial charge in [-0.1, -0.05) is 89.4 Å². The molecule has 0 aliphatic heterocycles. The molecule has 0 aromatic heterocycles. The average Bonchev–Trinajstić information content (AvgIpc) is 2.53. The minimum absolute atomic E-state index is 0.268. The second-order valence-corrected chi connectivity index (χ2v) is 11.2. The van der Waals surface area contributed by atoms with E-state index in [2.05, 4.69) is 105 Å². The Kier molecular flexibility index (Phi) is 12.1. The SMILES string of the molecule is CC=C1CCC1.CCCC(C)(C)NC.Cc1cccc(C(C)(C)CC(C)(C)C)c1. The summed E-state index contributed by atoms with van der Waals surface area (Å²) < 4.78 is 0. The van der Waals surface area contributed by atoms with Crippen molar-refractivity contribution >= 4 is 0 Å². The quantitative estimate of drug-likeness (QED) is 0.487. The second kappa shape index (κ2) is 12.6. The third-order valence-electron chi connectivity index (χ3n) is 5.73. The molecule has 29 heavy (non-hydrogen) atoms. The lowest BCUT2D eigenvalue weighted by atomic mass is 9.72. The number of nitrogens with one attached hydrogen (secondary N) is 1. The number of hydrogen-bond donors (Lipinski definition) is 1. The maximum Gasteiger partial charge on any atom is 0.0122 e. The first-order valence-corrected chi connectivity index (χ1v) is 11.7. The van der Waals surface area contributed by atoms with Crippen molar-refractivity contribution in [2.45, 2.75) is 119 Å². The molecule has 1 N–H and O–H groups in total. The molecule has 2 rings (SSSR count). The Morgan fingerprint density at radius 2 is 1.59 bits per heavy atom. The Balaban J connectivity index is 0.000000466. The summed E-state index contributed by atoms with van der Waals surface area (Å²) in [6.07, 6.45) is 10.1. The van der Waals surface area contributed by atoms with E-state index < -0.39 is 0 Å². The third kappa shape index (κ3) is 13.0. The highest BCUT2D eigenvalue weighted by atomic mass is 14.9. The lowest BCUT2D eigenvalue weighted by molar-refractivity contribution is 0.284. The standard InChI is InChI=1S/C15H24.C7H17N.C6H10/c1-12-8-7-9-13(10-12)15(5,6)11-14(2,3)4;1-5-6-7(2,3)8-4;1-2-6-4-3-5-6/h7-10H,11H2,1-6H3;8H,5-6H2,1-4H3;2H,3-5H2,1H3. The molecule has 0 spiro atoms. The average molecular weight is 402 g/mol. The monoisotopic (exact) mass is 401 g/mol. The van der Waals surface area contributed by atoms with Crippen LogP contribution in [0.4, 0.5) is 0 Å². The molecule has 1 heteroatoms. The van der Waals surface area contributed by atoms with Crippen molar-refractivity contribution in [3.8, 4) is 0 Å². The predicted octanol–water partition coefficient (Wildman–Crippen LogP) is 8.61. The number of rotatable bonds is 5. The van der Waals surface area contributed by atoms with Crippen molar-refractivity contribution in [3.05, 3.63) is 47.0 Å². The largest absolute Gasteiger partial charge is 0.315 e. The summed E-state index contributed by atoms with van der Waals surface area (Å²) in [5, 5.41) is 3.24. The molecule has 1 saturated carbocycles. The molecule has 0 atom stereocenters. The van der Waals surface area contributed by atoms with Crippen LogP contribution in [0, 0.1) is 12.3 Å². The van der Waals surface area contributed by atoms with Crippen molar-refractivity contribution in [2.24, 2.45) is 5.41 Å². The van der Waals surface area contributed by atoms with Crippen LogP contribution >= 0.6 is 0 Å². The maximum absolute atomic E-state index is 3.24. The first-order valence-electron chi connectivity index (χ1n) is 11.7. The molecule has 168 valence electrons. The van der Waals surface area contributed by atoms with Crippen molar-refractivity contribution < 1.29 is 0 Å². The lowest BCUT2D eigenvalue weighted by Gasteiger charge is -2.33. The van der Waals surface area contributed by atoms with E-state index in [1.54, 1.807) is 5.57 Å². The Hall–Kier alpha value is -1.08. The van der Waals surface area contributed by atoms with Gasteiger partial charge in [-0.3, -0.25) is 0 Å². The topological polar surface area (TPSA) is 12.0 Å². The van der Waals surface area contributed by atoms with Crippen molar-refractivity contribution in [3.63, 3.8) is 0 Å². The van der Waals surface area contributed by atoms with E-state index in [-0.39, 0.29) is 5.41 Å². The highest BCUT2D eigenvalue weighted by Gasteiger charge is 2.27. The van der Waals surface area contributed by atoms with Gasteiger partial charge in [0.05, 0.1) is 0 Å². The number of allylic oxidation sites excluding steroid dienone is 2. The fraction of sp³-hybridized carbons (Fsp3) is 0.714. The van der Waals surface area contributed by atoms with E-state index in [1.807, 2.05) is 7.05 Å². The maximum atomic E-state index is 3.24. The Morgan fingerprint density at radius 1 is 1.00 bits per heavy atom. The molecule has 0 unspecified atom stereocenters. The van der Waals surface area contributed by atoms with Crippen LogP contribution < -0.4 is 5.32 Å². The van der Waals surface area contributed by atoms with Gasteiger partial charge in [0.25, 0.3) is 0 Å². The van der Waals surface area contributed by atoms with Gasteiger partial charge in [0, 0.05) is 5.54 Å². The molecule has 1 aromatic rings. The molecule has 0 radical (unpaired) electrons. The summed E-state index contributed by atoms with van der Waals surface area (Å²) >= 11 is 0.